The molecule has 2 heterocycles. The molecule has 0 aliphatic carbocycles. The number of ether oxygens (including phenoxy) is 2. The molecule has 0 N–H and O–H groups in total. The van der Waals surface area contributed by atoms with Crippen molar-refractivity contribution in [3.63, 3.8) is 0 Å². The van der Waals surface area contributed by atoms with Crippen molar-refractivity contribution in [2.45, 2.75) is 0 Å². The zero-order valence-electron chi connectivity index (χ0n) is 18.2. The van der Waals surface area contributed by atoms with Gasteiger partial charge in [-0.25, -0.2) is 0 Å². The molecule has 166 valence electrons. The Bertz CT molecular complexity index is 1060. The van der Waals surface area contributed by atoms with E-state index < -0.39 is 0 Å². The van der Waals surface area contributed by atoms with Crippen molar-refractivity contribution in [1.82, 2.24) is 9.80 Å². The molecule has 5 rings (SSSR count). The van der Waals surface area contributed by atoms with Crippen LogP contribution in [-0.2, 0) is 9.47 Å². The number of fused-ring (bicyclic) bond motifs is 2. The van der Waals surface area contributed by atoms with Crippen LogP contribution in [0.15, 0.2) is 48.5 Å². The Morgan fingerprint density at radius 3 is 1.47 bits per heavy atom. The van der Waals surface area contributed by atoms with Crippen molar-refractivity contribution in [3.05, 3.63) is 59.7 Å². The number of carbonyl (C=O) groups is 2. The first-order valence-corrected chi connectivity index (χ1v) is 11.3. The summed E-state index contributed by atoms with van der Waals surface area (Å²) >= 11 is 0. The quantitative estimate of drug-likeness (QED) is 0.441. The van der Waals surface area contributed by atoms with Gasteiger partial charge in [0.15, 0.2) is 11.6 Å². The molecule has 2 saturated heterocycles. The molecule has 3 aromatic rings. The van der Waals surface area contributed by atoms with Crippen LogP contribution in [0.5, 0.6) is 0 Å². The highest BCUT2D eigenvalue weighted by atomic mass is 16.5. The number of benzene rings is 3. The van der Waals surface area contributed by atoms with E-state index in [0.717, 1.165) is 58.9 Å². The van der Waals surface area contributed by atoms with Gasteiger partial charge in [-0.3, -0.25) is 19.4 Å². The Balaban J connectivity index is 1.46. The van der Waals surface area contributed by atoms with E-state index in [0.29, 0.717) is 39.5 Å². The maximum absolute atomic E-state index is 13.1. The number of morpholine rings is 2. The molecule has 32 heavy (non-hydrogen) atoms. The maximum atomic E-state index is 13.1. The zero-order valence-corrected chi connectivity index (χ0v) is 18.2. The Kier molecular flexibility index (Phi) is 6.28. The molecule has 0 atom stereocenters. The average molecular weight is 433 g/mol. The third-order valence-electron chi connectivity index (χ3n) is 6.42. The fraction of sp³-hybridized carbons (Fsp3) is 0.385. The van der Waals surface area contributed by atoms with Crippen molar-refractivity contribution in [2.24, 2.45) is 0 Å². The number of nitrogens with zero attached hydrogens (tertiary/aromatic N) is 2. The molecule has 0 radical (unpaired) electrons. The lowest BCUT2D eigenvalue weighted by Crippen LogP contribution is -2.39. The van der Waals surface area contributed by atoms with Gasteiger partial charge in [0.1, 0.15) is 0 Å². The minimum absolute atomic E-state index is 0.122. The van der Waals surface area contributed by atoms with Crippen molar-refractivity contribution >= 4 is 33.1 Å². The van der Waals surface area contributed by atoms with Crippen LogP contribution >= 0.6 is 0 Å². The largest absolute Gasteiger partial charge is 0.379 e. The molecule has 0 bridgehead atoms. The summed E-state index contributed by atoms with van der Waals surface area (Å²) in [5.41, 5.74) is 1.47. The highest BCUT2D eigenvalue weighted by Crippen LogP contribution is 2.28. The summed E-state index contributed by atoms with van der Waals surface area (Å²) in [6.45, 7) is 6.65. The maximum Gasteiger partial charge on any atom is 0.177 e. The van der Waals surface area contributed by atoms with Gasteiger partial charge in [0, 0.05) is 37.3 Å². The minimum atomic E-state index is 0.122. The number of ketones is 2. The summed E-state index contributed by atoms with van der Waals surface area (Å²) < 4.78 is 10.8. The van der Waals surface area contributed by atoms with E-state index in [4.69, 9.17) is 9.47 Å². The van der Waals surface area contributed by atoms with Crippen LogP contribution in [0.1, 0.15) is 20.7 Å². The Hall–Kier alpha value is -2.64. The fourth-order valence-corrected chi connectivity index (χ4v) is 4.63. The molecule has 0 spiro atoms. The summed E-state index contributed by atoms with van der Waals surface area (Å²) in [5, 5.41) is 3.85. The lowest BCUT2D eigenvalue weighted by Gasteiger charge is -2.26. The minimum Gasteiger partial charge on any atom is -0.379 e. The molecule has 0 aromatic heterocycles. The molecule has 2 aliphatic heterocycles. The molecule has 0 amide bonds. The topological polar surface area (TPSA) is 59.1 Å². The predicted octanol–water partition coefficient (Wildman–Crippen LogP) is 3.02. The lowest BCUT2D eigenvalue weighted by atomic mass is 9.94. The summed E-state index contributed by atoms with van der Waals surface area (Å²) in [6, 6.07) is 15.8. The van der Waals surface area contributed by atoms with Crippen LogP contribution in [0.2, 0.25) is 0 Å². The third kappa shape index (κ3) is 4.45. The van der Waals surface area contributed by atoms with Gasteiger partial charge in [-0.15, -0.1) is 0 Å². The first kappa shape index (κ1) is 21.2. The molecule has 0 unspecified atom stereocenters. The van der Waals surface area contributed by atoms with Crippen molar-refractivity contribution < 1.29 is 19.1 Å². The molecule has 3 aromatic carbocycles. The van der Waals surface area contributed by atoms with Gasteiger partial charge >= 0.3 is 0 Å². The first-order valence-electron chi connectivity index (χ1n) is 11.3. The molecule has 2 aliphatic rings. The van der Waals surface area contributed by atoms with Gasteiger partial charge in [-0.2, -0.15) is 0 Å². The van der Waals surface area contributed by atoms with Crippen LogP contribution < -0.4 is 0 Å². The standard InChI is InChI=1S/C26H28N2O4/c29-25(17-27-7-11-31-12-8-27)21-5-1-3-19-15-24-20(16-23(19)21)4-2-6-22(24)26(30)18-28-9-13-32-14-10-28/h1-6,15-16H,7-14,17-18H2. The number of rotatable bonds is 6. The number of hydrogen-bond donors (Lipinski definition) is 0. The second-order valence-corrected chi connectivity index (χ2v) is 8.53. The summed E-state index contributed by atoms with van der Waals surface area (Å²) in [4.78, 5) is 30.5. The molecular weight excluding hydrogens is 404 g/mol. The second kappa shape index (κ2) is 9.46. The summed E-state index contributed by atoms with van der Waals surface area (Å²) in [5.74, 6) is 0.243. The van der Waals surface area contributed by atoms with E-state index in [1.165, 1.54) is 0 Å². The Morgan fingerprint density at radius 2 is 1.06 bits per heavy atom. The number of Topliss-reactive ketones (excluding diaryl/α,β-unsaturated/α-hetero) is 2. The average Bonchev–Trinajstić information content (AvgIpc) is 2.83. The van der Waals surface area contributed by atoms with Gasteiger partial charge in [0.05, 0.1) is 39.5 Å². The van der Waals surface area contributed by atoms with E-state index in [1.54, 1.807) is 0 Å². The Labute approximate surface area is 187 Å². The van der Waals surface area contributed by atoms with E-state index in [1.807, 2.05) is 36.4 Å². The molecule has 2 fully saturated rings. The zero-order chi connectivity index (χ0) is 21.9. The molecule has 6 heteroatoms. The second-order valence-electron chi connectivity index (χ2n) is 8.53. The highest BCUT2D eigenvalue weighted by molar-refractivity contribution is 6.16. The van der Waals surface area contributed by atoms with Crippen LogP contribution in [0.3, 0.4) is 0 Å². The predicted molar refractivity (Wildman–Crippen MR) is 125 cm³/mol. The van der Waals surface area contributed by atoms with Crippen LogP contribution in [0, 0.1) is 0 Å². The van der Waals surface area contributed by atoms with Crippen molar-refractivity contribution in [1.29, 1.82) is 0 Å². The number of carbonyl (C=O) groups excluding carboxylic acids is 2. The molecule has 0 saturated carbocycles. The normalized spacial score (nSPS) is 18.2. The van der Waals surface area contributed by atoms with Crippen molar-refractivity contribution in [3.8, 4) is 0 Å². The van der Waals surface area contributed by atoms with Crippen molar-refractivity contribution in [2.75, 3.05) is 65.7 Å². The van der Waals surface area contributed by atoms with Gasteiger partial charge < -0.3 is 9.47 Å². The van der Waals surface area contributed by atoms with E-state index in [9.17, 15) is 9.59 Å². The Morgan fingerprint density at radius 1 is 0.656 bits per heavy atom. The SMILES string of the molecule is O=C(CN1CCOCC1)c1cccc2cc3c(C(=O)CN4CCOCC4)cccc3cc12. The smallest absolute Gasteiger partial charge is 0.177 e. The highest BCUT2D eigenvalue weighted by Gasteiger charge is 2.20. The van der Waals surface area contributed by atoms with E-state index in [2.05, 4.69) is 21.9 Å². The third-order valence-corrected chi connectivity index (χ3v) is 6.42. The van der Waals surface area contributed by atoms with E-state index in [-0.39, 0.29) is 11.6 Å². The van der Waals surface area contributed by atoms with Crippen LogP contribution in [0.25, 0.3) is 21.5 Å². The van der Waals surface area contributed by atoms with Crippen LogP contribution in [-0.4, -0.2) is 87.1 Å². The molecular formula is C26H28N2O4. The monoisotopic (exact) mass is 432 g/mol. The summed E-state index contributed by atoms with van der Waals surface area (Å²) in [6.07, 6.45) is 0. The molecule has 6 nitrogen and oxygen atoms in total. The fourth-order valence-electron chi connectivity index (χ4n) is 4.63. The number of hydrogen-bond acceptors (Lipinski definition) is 6. The van der Waals surface area contributed by atoms with Crippen LogP contribution in [0.4, 0.5) is 0 Å². The van der Waals surface area contributed by atoms with Gasteiger partial charge in [-0.1, -0.05) is 36.4 Å². The van der Waals surface area contributed by atoms with Gasteiger partial charge in [0.25, 0.3) is 0 Å². The summed E-state index contributed by atoms with van der Waals surface area (Å²) in [7, 11) is 0. The lowest BCUT2D eigenvalue weighted by molar-refractivity contribution is 0.0368. The van der Waals surface area contributed by atoms with E-state index >= 15 is 0 Å². The first-order chi connectivity index (χ1) is 15.7. The van der Waals surface area contributed by atoms with Gasteiger partial charge in [0.2, 0.25) is 0 Å². The van der Waals surface area contributed by atoms with Gasteiger partial charge in [-0.05, 0) is 33.7 Å².